The first-order chi connectivity index (χ1) is 16.5. The van der Waals surface area contributed by atoms with Gasteiger partial charge in [0, 0.05) is 0 Å². The molecule has 0 saturated heterocycles. The van der Waals surface area contributed by atoms with Gasteiger partial charge in [0.15, 0.2) is 0 Å². The van der Waals surface area contributed by atoms with Crippen LogP contribution in [0.2, 0.25) is 0 Å². The molecular weight excluding hydrogens is 424 g/mol. The lowest BCUT2D eigenvalue weighted by atomic mass is 10.1. The molecule has 199 valence electrons. The molecule has 0 spiro atoms. The molecule has 0 aliphatic rings. The standard InChI is InChI=1S/C33H63Si/c1-7-10-13-16-19-22-25-31(4)28-34(29-32(5)26-23-20-17-14-11-8-2)30-33(6)27-24-21-18-15-12-9-3/h28-30H,7-27H2,1-6H3. The van der Waals surface area contributed by atoms with E-state index in [0.717, 1.165) is 0 Å². The summed E-state index contributed by atoms with van der Waals surface area (Å²) in [6.07, 6.45) is 29.1. The maximum absolute atomic E-state index is 2.67. The number of unbranched alkanes of at least 4 members (excludes halogenated alkanes) is 15. The smallest absolute Gasteiger partial charge is 0.0892 e. The zero-order valence-electron chi connectivity index (χ0n) is 24.6. The molecule has 0 aromatic carbocycles. The van der Waals surface area contributed by atoms with Gasteiger partial charge in [0.1, 0.15) is 8.80 Å². The minimum atomic E-state index is -0.679. The summed E-state index contributed by atoms with van der Waals surface area (Å²) in [5.41, 5.74) is 12.9. The molecule has 0 unspecified atom stereocenters. The monoisotopic (exact) mass is 487 g/mol. The molecule has 34 heavy (non-hydrogen) atoms. The van der Waals surface area contributed by atoms with E-state index in [1.165, 1.54) is 135 Å². The number of hydrogen-bond acceptors (Lipinski definition) is 0. The second kappa shape index (κ2) is 25.5. The lowest BCUT2D eigenvalue weighted by Gasteiger charge is -2.10. The summed E-state index contributed by atoms with van der Waals surface area (Å²) < 4.78 is 0. The molecule has 0 aromatic heterocycles. The van der Waals surface area contributed by atoms with Crippen molar-refractivity contribution in [1.82, 2.24) is 0 Å². The van der Waals surface area contributed by atoms with Gasteiger partial charge in [0.2, 0.25) is 0 Å². The van der Waals surface area contributed by atoms with Gasteiger partial charge in [-0.3, -0.25) is 0 Å². The molecule has 0 aliphatic carbocycles. The van der Waals surface area contributed by atoms with Crippen LogP contribution in [0.25, 0.3) is 0 Å². The first kappa shape index (κ1) is 33.4. The van der Waals surface area contributed by atoms with Gasteiger partial charge in [-0.2, -0.15) is 0 Å². The molecule has 0 fully saturated rings. The molecule has 1 heteroatoms. The Morgan fingerprint density at radius 3 is 0.882 bits per heavy atom. The van der Waals surface area contributed by atoms with Crippen LogP contribution in [0.1, 0.15) is 176 Å². The summed E-state index contributed by atoms with van der Waals surface area (Å²) in [4.78, 5) is 0. The molecular formula is C33H63Si. The van der Waals surface area contributed by atoms with E-state index >= 15 is 0 Å². The summed E-state index contributed by atoms with van der Waals surface area (Å²) in [7, 11) is -0.679. The zero-order chi connectivity index (χ0) is 25.3. The van der Waals surface area contributed by atoms with Crippen LogP contribution < -0.4 is 0 Å². The second-order valence-corrected chi connectivity index (χ2v) is 12.9. The van der Waals surface area contributed by atoms with Crippen LogP contribution in [0, 0.1) is 0 Å². The molecule has 0 heterocycles. The number of allylic oxidation sites excluding steroid dienone is 3. The van der Waals surface area contributed by atoms with Crippen LogP contribution >= 0.6 is 0 Å². The summed E-state index contributed by atoms with van der Waals surface area (Å²) in [6.45, 7) is 14.1. The van der Waals surface area contributed by atoms with Crippen molar-refractivity contribution in [1.29, 1.82) is 0 Å². The van der Waals surface area contributed by atoms with Crippen LogP contribution in [-0.2, 0) is 0 Å². The molecule has 0 saturated carbocycles. The van der Waals surface area contributed by atoms with Crippen LogP contribution in [-0.4, -0.2) is 8.80 Å². The van der Waals surface area contributed by atoms with Crippen molar-refractivity contribution in [3.63, 3.8) is 0 Å². The highest BCUT2D eigenvalue weighted by atomic mass is 28.3. The summed E-state index contributed by atoms with van der Waals surface area (Å²) in [5.74, 6) is 0. The third-order valence-electron chi connectivity index (χ3n) is 7.01. The highest BCUT2D eigenvalue weighted by Crippen LogP contribution is 2.17. The van der Waals surface area contributed by atoms with Crippen LogP contribution in [0.15, 0.2) is 33.8 Å². The maximum atomic E-state index is 2.67. The summed E-state index contributed by atoms with van der Waals surface area (Å²) in [5, 5.41) is 0. The Labute approximate surface area is 218 Å². The first-order valence-electron chi connectivity index (χ1n) is 15.4. The summed E-state index contributed by atoms with van der Waals surface area (Å²) in [6, 6.07) is 0. The maximum Gasteiger partial charge on any atom is 0.131 e. The van der Waals surface area contributed by atoms with Crippen molar-refractivity contribution in [3.05, 3.63) is 33.8 Å². The average molecular weight is 488 g/mol. The van der Waals surface area contributed by atoms with Gasteiger partial charge in [-0.25, -0.2) is 0 Å². The van der Waals surface area contributed by atoms with Crippen molar-refractivity contribution in [2.75, 3.05) is 0 Å². The minimum Gasteiger partial charge on any atom is -0.0892 e. The van der Waals surface area contributed by atoms with E-state index in [4.69, 9.17) is 0 Å². The Morgan fingerprint density at radius 1 is 0.382 bits per heavy atom. The van der Waals surface area contributed by atoms with Crippen LogP contribution in [0.3, 0.4) is 0 Å². The fourth-order valence-electron chi connectivity index (χ4n) is 4.75. The molecule has 0 rings (SSSR count). The van der Waals surface area contributed by atoms with E-state index in [-0.39, 0.29) is 0 Å². The Balaban J connectivity index is 4.79. The van der Waals surface area contributed by atoms with Crippen molar-refractivity contribution < 1.29 is 0 Å². The van der Waals surface area contributed by atoms with Crippen LogP contribution in [0.4, 0.5) is 0 Å². The molecule has 0 bridgehead atoms. The minimum absolute atomic E-state index is 0.679. The lowest BCUT2D eigenvalue weighted by Crippen LogP contribution is -2.06. The average Bonchev–Trinajstić information content (AvgIpc) is 2.80. The Kier molecular flexibility index (Phi) is 25.1. The van der Waals surface area contributed by atoms with Gasteiger partial charge in [0.25, 0.3) is 0 Å². The highest BCUT2D eigenvalue weighted by Gasteiger charge is 2.06. The Bertz CT molecular complexity index is 449. The van der Waals surface area contributed by atoms with E-state index < -0.39 is 8.80 Å². The Hall–Kier alpha value is -0.563. The van der Waals surface area contributed by atoms with E-state index in [2.05, 4.69) is 58.6 Å². The largest absolute Gasteiger partial charge is 0.131 e. The summed E-state index contributed by atoms with van der Waals surface area (Å²) >= 11 is 0. The molecule has 1 radical (unpaired) electrons. The second-order valence-electron chi connectivity index (χ2n) is 11.0. The van der Waals surface area contributed by atoms with E-state index in [0.29, 0.717) is 0 Å². The highest BCUT2D eigenvalue weighted by molar-refractivity contribution is 6.74. The normalized spacial score (nSPS) is 13.3. The molecule has 0 nitrogen and oxygen atoms in total. The number of hydrogen-bond donors (Lipinski definition) is 0. The predicted molar refractivity (Wildman–Crippen MR) is 161 cm³/mol. The van der Waals surface area contributed by atoms with E-state index in [1.807, 2.05) is 0 Å². The van der Waals surface area contributed by atoms with Gasteiger partial charge in [-0.1, -0.05) is 151 Å². The SMILES string of the molecule is CCCCCCCCC(C)=C[Si](C=C(C)CCCCCCCC)C=C(C)CCCCCCCC. The first-order valence-corrected chi connectivity index (χ1v) is 17.1. The Morgan fingerprint density at radius 2 is 0.618 bits per heavy atom. The van der Waals surface area contributed by atoms with Crippen molar-refractivity contribution >= 4 is 8.80 Å². The molecule has 0 N–H and O–H groups in total. The third kappa shape index (κ3) is 23.2. The molecule has 0 aromatic rings. The molecule has 0 aliphatic heterocycles. The zero-order valence-corrected chi connectivity index (χ0v) is 25.6. The van der Waals surface area contributed by atoms with Gasteiger partial charge >= 0.3 is 0 Å². The fraction of sp³-hybridized carbons (Fsp3) is 0.818. The number of rotatable bonds is 24. The van der Waals surface area contributed by atoms with Crippen molar-refractivity contribution in [3.8, 4) is 0 Å². The topological polar surface area (TPSA) is 0 Å². The third-order valence-corrected chi connectivity index (χ3v) is 9.49. The quantitative estimate of drug-likeness (QED) is 0.0937. The van der Waals surface area contributed by atoms with Crippen LogP contribution in [0.5, 0.6) is 0 Å². The lowest BCUT2D eigenvalue weighted by molar-refractivity contribution is 0.606. The molecule has 0 atom stereocenters. The van der Waals surface area contributed by atoms with Gasteiger partial charge in [0.05, 0.1) is 0 Å². The predicted octanol–water partition coefficient (Wildman–Crippen LogP) is 12.2. The fourth-order valence-corrected chi connectivity index (χ4v) is 7.14. The van der Waals surface area contributed by atoms with E-state index in [1.54, 1.807) is 16.7 Å². The van der Waals surface area contributed by atoms with Crippen molar-refractivity contribution in [2.24, 2.45) is 0 Å². The van der Waals surface area contributed by atoms with Gasteiger partial charge in [-0.15, -0.1) is 0 Å². The molecule has 0 amide bonds. The van der Waals surface area contributed by atoms with E-state index in [9.17, 15) is 0 Å². The van der Waals surface area contributed by atoms with Gasteiger partial charge in [-0.05, 0) is 59.3 Å². The van der Waals surface area contributed by atoms with Gasteiger partial charge < -0.3 is 0 Å². The van der Waals surface area contributed by atoms with Crippen molar-refractivity contribution in [2.45, 2.75) is 176 Å².